The molecule has 0 aliphatic heterocycles. The van der Waals surface area contributed by atoms with Crippen LogP contribution in [-0.4, -0.2) is 36.6 Å². The number of hydrogen-bond donors (Lipinski definition) is 2. The topological polar surface area (TPSA) is 120 Å². The van der Waals surface area contributed by atoms with Crippen LogP contribution in [-0.2, 0) is 14.6 Å². The lowest BCUT2D eigenvalue weighted by Crippen LogP contribution is -2.63. The maximum Gasteiger partial charge on any atom is 0.246 e. The van der Waals surface area contributed by atoms with E-state index in [4.69, 9.17) is 12.8 Å². The van der Waals surface area contributed by atoms with Crippen LogP contribution in [0.3, 0.4) is 0 Å². The van der Waals surface area contributed by atoms with Gasteiger partial charge >= 0.3 is 0 Å². The van der Waals surface area contributed by atoms with Crippen molar-refractivity contribution < 1.29 is 19.4 Å². The van der Waals surface area contributed by atoms with Crippen molar-refractivity contribution in [3.05, 3.63) is 35.4 Å². The number of carbonyl (C=O) groups is 2. The molecule has 0 radical (unpaired) electrons. The van der Waals surface area contributed by atoms with Gasteiger partial charge in [-0.1, -0.05) is 56.5 Å². The number of benzene rings is 1. The molecule has 0 unspecified atom stereocenters. The zero-order chi connectivity index (χ0) is 20.2. The van der Waals surface area contributed by atoms with Gasteiger partial charge in [0.05, 0.1) is 11.0 Å². The number of Topliss-reactive ketones (excluding diaryl/α,β-unsaturated/α-hetero) is 1. The molecular formula is C18H28N2O4S. The predicted octanol–water partition coefficient (Wildman–Crippen LogP) is 1.74. The number of amides is 1. The van der Waals surface area contributed by atoms with Gasteiger partial charge in [0, 0.05) is 6.93 Å². The number of aryl methyl sites for hydroxylation is 1. The van der Waals surface area contributed by atoms with E-state index in [2.05, 4.69) is 0 Å². The minimum Gasteiger partial charge on any atom is -0.368 e. The van der Waals surface area contributed by atoms with E-state index in [1.807, 2.05) is 6.92 Å². The largest absolute Gasteiger partial charge is 0.368 e. The predicted molar refractivity (Wildman–Crippen MR) is 99.0 cm³/mol. The Balaban J connectivity index is 3.33. The van der Waals surface area contributed by atoms with Crippen LogP contribution < -0.4 is 11.5 Å². The fourth-order valence-electron chi connectivity index (χ4n) is 2.61. The van der Waals surface area contributed by atoms with Crippen LogP contribution in [0.1, 0.15) is 56.8 Å². The number of rotatable bonds is 10. The van der Waals surface area contributed by atoms with Crippen LogP contribution in [0.5, 0.6) is 0 Å². The van der Waals surface area contributed by atoms with Crippen molar-refractivity contribution in [1.82, 2.24) is 0 Å². The van der Waals surface area contributed by atoms with E-state index in [0.717, 1.165) is 5.56 Å². The first-order valence-corrected chi connectivity index (χ1v) is 10.0. The number of carbonyl (C=O) groups excluding carboxylic acids is 2. The summed E-state index contributed by atoms with van der Waals surface area (Å²) in [6.07, 6.45) is 1.14. The highest BCUT2D eigenvalue weighted by Gasteiger charge is 2.46. The zero-order valence-corrected chi connectivity index (χ0v) is 15.9. The molecule has 0 heterocycles. The lowest BCUT2D eigenvalue weighted by Gasteiger charge is -2.27. The van der Waals surface area contributed by atoms with Gasteiger partial charge in [-0.3, -0.25) is 9.59 Å². The molecule has 6 nitrogen and oxygen atoms in total. The lowest BCUT2D eigenvalue weighted by molar-refractivity contribution is -0.120. The van der Waals surface area contributed by atoms with Crippen LogP contribution in [0, 0.1) is 6.92 Å². The second-order valence-corrected chi connectivity index (χ2v) is 8.42. The lowest BCUT2D eigenvalue weighted by atomic mass is 9.91. The molecule has 0 bridgehead atoms. The average molecular weight is 370 g/mol. The Morgan fingerprint density at radius 2 is 1.64 bits per heavy atom. The maximum absolute atomic E-state index is 12.9. The second-order valence-electron chi connectivity index (χ2n) is 6.33. The first-order chi connectivity index (χ1) is 11.9. The molecule has 0 aliphatic rings. The van der Waals surface area contributed by atoms with E-state index in [1.54, 1.807) is 26.0 Å². The summed E-state index contributed by atoms with van der Waals surface area (Å²) in [6, 6.07) is 6.26. The quantitative estimate of drug-likeness (QED) is 0.481. The molecule has 7 heteroatoms. The third kappa shape index (κ3) is 5.12. The molecular weight excluding hydrogens is 340 g/mol. The van der Waals surface area contributed by atoms with Gasteiger partial charge in [0.25, 0.3) is 0 Å². The van der Waals surface area contributed by atoms with E-state index < -0.39 is 38.0 Å². The highest BCUT2D eigenvalue weighted by molar-refractivity contribution is 7.92. The number of primary amides is 1. The minimum atomic E-state index is -4.19. The molecule has 4 N–H and O–H groups in total. The number of sulfone groups is 1. The summed E-state index contributed by atoms with van der Waals surface area (Å²) in [5, 5.41) is -1.80. The molecule has 0 spiro atoms. The molecule has 0 saturated carbocycles. The summed E-state index contributed by atoms with van der Waals surface area (Å²) in [4.78, 5) is 24.8. The number of hydrogen-bond acceptors (Lipinski definition) is 5. The first-order valence-electron chi connectivity index (χ1n) is 8.86. The molecule has 1 amide bonds. The van der Waals surface area contributed by atoms with E-state index >= 15 is 0 Å². The SMILES string of the molecule is [2H]C(CCC)(CCC)S(=O)(=O)C[C@](N)(C(N)=O)C(=O)c1ccc(C)cc1. The fourth-order valence-corrected chi connectivity index (χ4v) is 4.71. The highest BCUT2D eigenvalue weighted by atomic mass is 32.2. The van der Waals surface area contributed by atoms with Crippen molar-refractivity contribution in [2.75, 3.05) is 5.75 Å². The molecule has 0 fully saturated rings. The van der Waals surface area contributed by atoms with E-state index in [-0.39, 0.29) is 18.4 Å². The van der Waals surface area contributed by atoms with Crippen molar-refractivity contribution in [2.24, 2.45) is 11.5 Å². The van der Waals surface area contributed by atoms with E-state index in [1.165, 1.54) is 12.1 Å². The molecule has 1 aromatic rings. The van der Waals surface area contributed by atoms with Gasteiger partial charge in [-0.15, -0.1) is 0 Å². The average Bonchev–Trinajstić information content (AvgIpc) is 2.54. The van der Waals surface area contributed by atoms with Crippen LogP contribution in [0.4, 0.5) is 0 Å². The fraction of sp³-hybridized carbons (Fsp3) is 0.556. The molecule has 25 heavy (non-hydrogen) atoms. The summed E-state index contributed by atoms with van der Waals surface area (Å²) in [5.74, 6) is -3.06. The van der Waals surface area contributed by atoms with Gasteiger partial charge in [0.1, 0.15) is 0 Å². The monoisotopic (exact) mass is 369 g/mol. The Labute approximate surface area is 151 Å². The Morgan fingerprint density at radius 1 is 1.16 bits per heavy atom. The molecule has 1 aromatic carbocycles. The van der Waals surface area contributed by atoms with Crippen LogP contribution in [0.15, 0.2) is 24.3 Å². The summed E-state index contributed by atoms with van der Waals surface area (Å²) in [6.45, 7) is 5.37. The summed E-state index contributed by atoms with van der Waals surface area (Å²) in [5.41, 5.74) is 9.86. The van der Waals surface area contributed by atoms with E-state index in [0.29, 0.717) is 12.8 Å². The Kier molecular flexibility index (Phi) is 6.72. The molecule has 1 rings (SSSR count). The Hall–Kier alpha value is -1.73. The smallest absolute Gasteiger partial charge is 0.246 e. The standard InChI is InChI=1S/C18H28N2O4S/c1-4-6-15(7-5-2)25(23,24)12-18(20,17(19)22)16(21)14-10-8-13(3)9-11-14/h8-11,15H,4-7,12,20H2,1-3H3,(H2,19,22)/t18-/m1/s1/i15D. The van der Waals surface area contributed by atoms with Gasteiger partial charge < -0.3 is 11.5 Å². The van der Waals surface area contributed by atoms with Crippen LogP contribution in [0.25, 0.3) is 0 Å². The van der Waals surface area contributed by atoms with Crippen LogP contribution in [0.2, 0.25) is 0 Å². The number of ketones is 1. The maximum atomic E-state index is 12.9. The minimum absolute atomic E-state index is 0.0940. The van der Waals surface area contributed by atoms with Gasteiger partial charge in [-0.2, -0.15) is 0 Å². The van der Waals surface area contributed by atoms with E-state index in [9.17, 15) is 18.0 Å². The molecule has 0 aliphatic carbocycles. The van der Waals surface area contributed by atoms with Gasteiger partial charge in [0.2, 0.25) is 5.91 Å². The van der Waals surface area contributed by atoms with Gasteiger partial charge in [0.15, 0.2) is 21.2 Å². The third-order valence-corrected chi connectivity index (χ3v) is 6.20. The van der Waals surface area contributed by atoms with Gasteiger partial charge in [-0.05, 0) is 19.8 Å². The Morgan fingerprint density at radius 3 is 2.04 bits per heavy atom. The van der Waals surface area contributed by atoms with Crippen molar-refractivity contribution in [3.8, 4) is 0 Å². The molecule has 0 aromatic heterocycles. The summed E-state index contributed by atoms with van der Waals surface area (Å²) in [7, 11) is -4.19. The number of nitrogens with two attached hydrogens (primary N) is 2. The van der Waals surface area contributed by atoms with Crippen molar-refractivity contribution in [3.63, 3.8) is 0 Å². The van der Waals surface area contributed by atoms with Crippen LogP contribution >= 0.6 is 0 Å². The highest BCUT2D eigenvalue weighted by Crippen LogP contribution is 2.22. The first kappa shape index (κ1) is 19.6. The van der Waals surface area contributed by atoms with Crippen molar-refractivity contribution in [1.29, 1.82) is 0 Å². The second kappa shape index (κ2) is 8.58. The molecule has 0 saturated heterocycles. The molecule has 1 atom stereocenters. The summed E-state index contributed by atoms with van der Waals surface area (Å²) >= 11 is 0. The van der Waals surface area contributed by atoms with Crippen molar-refractivity contribution >= 4 is 21.5 Å². The molecule has 140 valence electrons. The zero-order valence-electron chi connectivity index (χ0n) is 16.0. The van der Waals surface area contributed by atoms with Crippen molar-refractivity contribution in [2.45, 2.75) is 57.2 Å². The Bertz CT molecular complexity index is 756. The third-order valence-electron chi connectivity index (χ3n) is 4.07. The normalized spacial score (nSPS) is 15.3. The van der Waals surface area contributed by atoms with Gasteiger partial charge in [-0.25, -0.2) is 8.42 Å². The summed E-state index contributed by atoms with van der Waals surface area (Å²) < 4.78 is 34.2.